The van der Waals surface area contributed by atoms with Crippen LogP contribution in [0.1, 0.15) is 26.3 Å². The van der Waals surface area contributed by atoms with Crippen molar-refractivity contribution in [3.8, 4) is 0 Å². The van der Waals surface area contributed by atoms with Crippen molar-refractivity contribution in [2.45, 2.75) is 33.4 Å². The van der Waals surface area contributed by atoms with Crippen LogP contribution in [0.5, 0.6) is 0 Å². The molecule has 1 rings (SSSR count). The number of benzene rings is 1. The van der Waals surface area contributed by atoms with Gasteiger partial charge in [-0.1, -0.05) is 26.0 Å². The molecule has 0 fully saturated rings. The number of nitrogens with zero attached hydrogens (tertiary/aromatic N) is 1. The third-order valence-electron chi connectivity index (χ3n) is 3.29. The molecule has 1 atom stereocenters. The molecule has 19 heavy (non-hydrogen) atoms. The smallest absolute Gasteiger partial charge is 0.0663 e. The molecule has 0 saturated heterocycles. The van der Waals surface area contributed by atoms with E-state index in [1.165, 1.54) is 11.3 Å². The molecular formula is C16H28N2O. The van der Waals surface area contributed by atoms with Gasteiger partial charge in [-0.15, -0.1) is 0 Å². The van der Waals surface area contributed by atoms with Crippen molar-refractivity contribution in [3.05, 3.63) is 29.8 Å². The van der Waals surface area contributed by atoms with Gasteiger partial charge < -0.3 is 15.0 Å². The molecule has 0 aliphatic heterocycles. The minimum atomic E-state index is 0.384. The van der Waals surface area contributed by atoms with Crippen LogP contribution in [-0.4, -0.2) is 33.4 Å². The number of nitrogens with one attached hydrogen (secondary N) is 1. The molecule has 0 aliphatic rings. The Kier molecular flexibility index (Phi) is 6.89. The Labute approximate surface area is 118 Å². The van der Waals surface area contributed by atoms with Crippen LogP contribution in [0, 0.1) is 5.92 Å². The van der Waals surface area contributed by atoms with Crippen LogP contribution in [0.25, 0.3) is 0 Å². The molecule has 0 bridgehead atoms. The Bertz CT molecular complexity index is 348. The molecule has 1 aromatic rings. The van der Waals surface area contributed by atoms with Crippen molar-refractivity contribution < 1.29 is 4.74 Å². The molecule has 1 unspecified atom stereocenters. The lowest BCUT2D eigenvalue weighted by atomic mass is 10.1. The highest BCUT2D eigenvalue weighted by molar-refractivity contribution is 5.47. The lowest BCUT2D eigenvalue weighted by molar-refractivity contribution is 0.183. The summed E-state index contributed by atoms with van der Waals surface area (Å²) in [6.07, 6.45) is 0. The fourth-order valence-corrected chi connectivity index (χ4v) is 1.96. The molecule has 1 aromatic carbocycles. The van der Waals surface area contributed by atoms with Gasteiger partial charge in [0.1, 0.15) is 0 Å². The lowest BCUT2D eigenvalue weighted by Crippen LogP contribution is -2.32. The van der Waals surface area contributed by atoms with Gasteiger partial charge in [0.15, 0.2) is 0 Å². The summed E-state index contributed by atoms with van der Waals surface area (Å²) < 4.78 is 5.19. The molecule has 0 aliphatic carbocycles. The molecule has 3 heteroatoms. The van der Waals surface area contributed by atoms with Crippen LogP contribution in [0.4, 0.5) is 5.69 Å². The van der Waals surface area contributed by atoms with Gasteiger partial charge in [0.05, 0.1) is 6.61 Å². The third-order valence-corrected chi connectivity index (χ3v) is 3.29. The van der Waals surface area contributed by atoms with Gasteiger partial charge in [0, 0.05) is 32.4 Å². The lowest BCUT2D eigenvalue weighted by Gasteiger charge is -2.26. The first-order valence-electron chi connectivity index (χ1n) is 7.06. The first kappa shape index (κ1) is 16.0. The van der Waals surface area contributed by atoms with Crippen LogP contribution in [0.2, 0.25) is 0 Å². The van der Waals surface area contributed by atoms with Crippen molar-refractivity contribution in [2.24, 2.45) is 5.92 Å². The first-order chi connectivity index (χ1) is 9.04. The summed E-state index contributed by atoms with van der Waals surface area (Å²) in [5.74, 6) is 0.695. The van der Waals surface area contributed by atoms with Crippen LogP contribution < -0.4 is 10.2 Å². The van der Waals surface area contributed by atoms with Gasteiger partial charge in [0.25, 0.3) is 0 Å². The summed E-state index contributed by atoms with van der Waals surface area (Å²) in [4.78, 5) is 2.24. The molecule has 0 spiro atoms. The average molecular weight is 264 g/mol. The van der Waals surface area contributed by atoms with Crippen LogP contribution in [0.3, 0.4) is 0 Å². The standard InChI is InChI=1S/C16H28N2O/c1-13(2)10-17-11-15-6-8-16(9-7-15)18(4)14(3)12-19-5/h6-9,13-14,17H,10-12H2,1-5H3. The second kappa shape index (κ2) is 8.18. The Balaban J connectivity index is 2.51. The van der Waals surface area contributed by atoms with E-state index in [9.17, 15) is 0 Å². The average Bonchev–Trinajstić information content (AvgIpc) is 2.38. The second-order valence-corrected chi connectivity index (χ2v) is 5.61. The van der Waals surface area contributed by atoms with E-state index in [1.54, 1.807) is 7.11 Å². The van der Waals surface area contributed by atoms with E-state index in [0.29, 0.717) is 12.0 Å². The van der Waals surface area contributed by atoms with E-state index in [1.807, 2.05) is 0 Å². The molecule has 0 amide bonds. The SMILES string of the molecule is COCC(C)N(C)c1ccc(CNCC(C)C)cc1. The maximum absolute atomic E-state index is 5.19. The van der Waals surface area contributed by atoms with E-state index >= 15 is 0 Å². The Morgan fingerprint density at radius 1 is 1.16 bits per heavy atom. The van der Waals surface area contributed by atoms with E-state index < -0.39 is 0 Å². The van der Waals surface area contributed by atoms with Crippen molar-refractivity contribution in [1.82, 2.24) is 5.32 Å². The predicted octanol–water partition coefficient (Wildman–Crippen LogP) is 2.90. The maximum Gasteiger partial charge on any atom is 0.0663 e. The molecule has 0 radical (unpaired) electrons. The molecule has 0 heterocycles. The summed E-state index contributed by atoms with van der Waals surface area (Å²) in [5.41, 5.74) is 2.56. The predicted molar refractivity (Wildman–Crippen MR) is 82.7 cm³/mol. The van der Waals surface area contributed by atoms with Gasteiger partial charge in [-0.05, 0) is 37.1 Å². The highest BCUT2D eigenvalue weighted by Crippen LogP contribution is 2.16. The number of ether oxygens (including phenoxy) is 1. The summed E-state index contributed by atoms with van der Waals surface area (Å²) in [7, 11) is 3.85. The Morgan fingerprint density at radius 3 is 2.32 bits per heavy atom. The number of methoxy groups -OCH3 is 1. The fraction of sp³-hybridized carbons (Fsp3) is 0.625. The van der Waals surface area contributed by atoms with Crippen molar-refractivity contribution in [2.75, 3.05) is 32.2 Å². The number of rotatable bonds is 8. The minimum absolute atomic E-state index is 0.384. The van der Waals surface area contributed by atoms with Crippen LogP contribution >= 0.6 is 0 Å². The number of anilines is 1. The monoisotopic (exact) mass is 264 g/mol. The summed E-state index contributed by atoms with van der Waals surface area (Å²) in [5, 5.41) is 3.46. The summed E-state index contributed by atoms with van der Waals surface area (Å²) in [6.45, 7) is 9.36. The van der Waals surface area contributed by atoms with Gasteiger partial charge >= 0.3 is 0 Å². The van der Waals surface area contributed by atoms with Gasteiger partial charge in [0.2, 0.25) is 0 Å². The molecule has 0 aromatic heterocycles. The zero-order chi connectivity index (χ0) is 14.3. The number of hydrogen-bond acceptors (Lipinski definition) is 3. The van der Waals surface area contributed by atoms with Gasteiger partial charge in [-0.2, -0.15) is 0 Å². The fourth-order valence-electron chi connectivity index (χ4n) is 1.96. The zero-order valence-electron chi connectivity index (χ0n) is 12.9. The van der Waals surface area contributed by atoms with Crippen molar-refractivity contribution >= 4 is 5.69 Å². The Morgan fingerprint density at radius 2 is 1.79 bits per heavy atom. The van der Waals surface area contributed by atoms with E-state index in [0.717, 1.165) is 19.7 Å². The van der Waals surface area contributed by atoms with Crippen LogP contribution in [-0.2, 0) is 11.3 Å². The second-order valence-electron chi connectivity index (χ2n) is 5.61. The zero-order valence-corrected chi connectivity index (χ0v) is 12.9. The quantitative estimate of drug-likeness (QED) is 0.781. The first-order valence-corrected chi connectivity index (χ1v) is 7.06. The third kappa shape index (κ3) is 5.62. The topological polar surface area (TPSA) is 24.5 Å². The number of likely N-dealkylation sites (N-methyl/N-ethyl adjacent to an activating group) is 1. The van der Waals surface area contributed by atoms with E-state index in [-0.39, 0.29) is 0 Å². The number of hydrogen-bond donors (Lipinski definition) is 1. The minimum Gasteiger partial charge on any atom is -0.383 e. The molecule has 0 saturated carbocycles. The van der Waals surface area contributed by atoms with E-state index in [4.69, 9.17) is 4.74 Å². The molecule has 1 N–H and O–H groups in total. The highest BCUT2D eigenvalue weighted by atomic mass is 16.5. The maximum atomic E-state index is 5.19. The largest absolute Gasteiger partial charge is 0.383 e. The van der Waals surface area contributed by atoms with Gasteiger partial charge in [-0.3, -0.25) is 0 Å². The van der Waals surface area contributed by atoms with Crippen molar-refractivity contribution in [3.63, 3.8) is 0 Å². The normalized spacial score (nSPS) is 12.7. The molecular weight excluding hydrogens is 236 g/mol. The summed E-state index contributed by atoms with van der Waals surface area (Å²) in [6, 6.07) is 9.13. The summed E-state index contributed by atoms with van der Waals surface area (Å²) >= 11 is 0. The van der Waals surface area contributed by atoms with Gasteiger partial charge in [-0.25, -0.2) is 0 Å². The molecule has 3 nitrogen and oxygen atoms in total. The van der Waals surface area contributed by atoms with Crippen LogP contribution in [0.15, 0.2) is 24.3 Å². The Hall–Kier alpha value is -1.06. The highest BCUT2D eigenvalue weighted by Gasteiger charge is 2.09. The van der Waals surface area contributed by atoms with E-state index in [2.05, 4.69) is 62.3 Å². The van der Waals surface area contributed by atoms with Crippen molar-refractivity contribution in [1.29, 1.82) is 0 Å². The molecule has 108 valence electrons.